The fourth-order valence-corrected chi connectivity index (χ4v) is 0.427. The van der Waals surface area contributed by atoms with Crippen LogP contribution in [0.4, 0.5) is 8.78 Å². The van der Waals surface area contributed by atoms with Gasteiger partial charge in [-0.25, -0.2) is 5.32 Å². The van der Waals surface area contributed by atoms with Crippen molar-refractivity contribution in [2.45, 2.75) is 6.23 Å². The van der Waals surface area contributed by atoms with E-state index in [1.807, 2.05) is 5.32 Å². The largest absolute Gasteiger partial charge is 0.422 e. The van der Waals surface area contributed by atoms with Crippen molar-refractivity contribution in [1.29, 1.82) is 0 Å². The Kier molecular flexibility index (Phi) is 0.972. The Morgan fingerprint density at radius 2 is 2.29 bits per heavy atom. The molecule has 0 spiro atoms. The van der Waals surface area contributed by atoms with Crippen molar-refractivity contribution in [2.75, 3.05) is 13.2 Å². The summed E-state index contributed by atoms with van der Waals surface area (Å²) in [6, 6.07) is 0. The van der Waals surface area contributed by atoms with E-state index in [-0.39, 0.29) is 13.2 Å². The van der Waals surface area contributed by atoms with Gasteiger partial charge in [-0.05, 0) is 0 Å². The first-order valence-corrected chi connectivity index (χ1v) is 1.97. The molecule has 4 heteroatoms. The molecule has 0 saturated carbocycles. The molecule has 0 bridgehead atoms. The standard InChI is InChI=1S/C3H5F2NO/c4-3(5)6-1-2-7-3/h6H,1-2H2. The summed E-state index contributed by atoms with van der Waals surface area (Å²) in [7, 11) is 0. The van der Waals surface area contributed by atoms with E-state index in [0.29, 0.717) is 0 Å². The summed E-state index contributed by atoms with van der Waals surface area (Å²) in [6.45, 7) is 0.347. The van der Waals surface area contributed by atoms with Gasteiger partial charge in [-0.2, -0.15) is 8.78 Å². The average molecular weight is 109 g/mol. The van der Waals surface area contributed by atoms with E-state index in [4.69, 9.17) is 0 Å². The van der Waals surface area contributed by atoms with E-state index in [2.05, 4.69) is 4.74 Å². The molecule has 0 unspecified atom stereocenters. The molecule has 1 aliphatic rings. The first-order chi connectivity index (χ1) is 3.21. The Morgan fingerprint density at radius 1 is 1.57 bits per heavy atom. The highest BCUT2D eigenvalue weighted by molar-refractivity contribution is 4.57. The second kappa shape index (κ2) is 1.38. The fourth-order valence-electron chi connectivity index (χ4n) is 0.427. The molecule has 2 nitrogen and oxygen atoms in total. The topological polar surface area (TPSA) is 21.3 Å². The van der Waals surface area contributed by atoms with Gasteiger partial charge in [-0.3, -0.25) is 0 Å². The highest BCUT2D eigenvalue weighted by atomic mass is 19.3. The lowest BCUT2D eigenvalue weighted by Crippen LogP contribution is -2.29. The Bertz CT molecular complexity index is 67.3. The summed E-state index contributed by atoms with van der Waals surface area (Å²) in [4.78, 5) is 0. The first kappa shape index (κ1) is 4.93. The quantitative estimate of drug-likeness (QED) is 0.447. The molecule has 0 atom stereocenters. The lowest BCUT2D eigenvalue weighted by molar-refractivity contribution is -0.221. The maximum Gasteiger partial charge on any atom is 0.422 e. The Morgan fingerprint density at radius 3 is 2.43 bits per heavy atom. The van der Waals surface area contributed by atoms with Gasteiger partial charge in [0.15, 0.2) is 0 Å². The molecule has 0 radical (unpaired) electrons. The molecular formula is C3H5F2NO. The van der Waals surface area contributed by atoms with Gasteiger partial charge >= 0.3 is 6.23 Å². The molecule has 42 valence electrons. The van der Waals surface area contributed by atoms with E-state index >= 15 is 0 Å². The van der Waals surface area contributed by atoms with Crippen molar-refractivity contribution < 1.29 is 13.5 Å². The van der Waals surface area contributed by atoms with Gasteiger partial charge in [-0.1, -0.05) is 0 Å². The van der Waals surface area contributed by atoms with Crippen molar-refractivity contribution in [3.63, 3.8) is 0 Å². The summed E-state index contributed by atoms with van der Waals surface area (Å²) in [6.07, 6.45) is -3.06. The zero-order valence-electron chi connectivity index (χ0n) is 3.58. The van der Waals surface area contributed by atoms with Crippen molar-refractivity contribution >= 4 is 0 Å². The predicted molar refractivity (Wildman–Crippen MR) is 18.9 cm³/mol. The van der Waals surface area contributed by atoms with Crippen LogP contribution in [-0.4, -0.2) is 19.4 Å². The third-order valence-electron chi connectivity index (χ3n) is 0.716. The average Bonchev–Trinajstić information content (AvgIpc) is 1.84. The van der Waals surface area contributed by atoms with Crippen molar-refractivity contribution in [1.82, 2.24) is 5.32 Å². The van der Waals surface area contributed by atoms with Crippen molar-refractivity contribution in [2.24, 2.45) is 0 Å². The van der Waals surface area contributed by atoms with Crippen molar-refractivity contribution in [3.8, 4) is 0 Å². The van der Waals surface area contributed by atoms with Gasteiger partial charge in [0.05, 0.1) is 6.61 Å². The van der Waals surface area contributed by atoms with Crippen LogP contribution in [0.2, 0.25) is 0 Å². The molecule has 1 N–H and O–H groups in total. The second-order valence-corrected chi connectivity index (χ2v) is 1.29. The van der Waals surface area contributed by atoms with Crippen LogP contribution in [-0.2, 0) is 4.74 Å². The smallest absolute Gasteiger partial charge is 0.306 e. The normalized spacial score (nSPS) is 28.3. The summed E-state index contributed by atoms with van der Waals surface area (Å²) >= 11 is 0. The molecule has 1 aliphatic heterocycles. The third-order valence-corrected chi connectivity index (χ3v) is 0.716. The minimum absolute atomic E-state index is 0.104. The molecule has 0 amide bonds. The van der Waals surface area contributed by atoms with Gasteiger partial charge in [0.2, 0.25) is 0 Å². The number of halogens is 2. The van der Waals surface area contributed by atoms with E-state index in [1.54, 1.807) is 0 Å². The first-order valence-electron chi connectivity index (χ1n) is 1.97. The van der Waals surface area contributed by atoms with Crippen LogP contribution >= 0.6 is 0 Å². The van der Waals surface area contributed by atoms with Gasteiger partial charge < -0.3 is 4.74 Å². The molecule has 1 rings (SSSR count). The summed E-state index contributed by atoms with van der Waals surface area (Å²) in [5.74, 6) is 0. The molecule has 7 heavy (non-hydrogen) atoms. The van der Waals surface area contributed by atoms with Crippen LogP contribution in [0.1, 0.15) is 0 Å². The minimum Gasteiger partial charge on any atom is -0.306 e. The van der Waals surface area contributed by atoms with Crippen molar-refractivity contribution in [3.05, 3.63) is 0 Å². The van der Waals surface area contributed by atoms with E-state index in [9.17, 15) is 8.78 Å². The summed E-state index contributed by atoms with van der Waals surface area (Å²) in [5, 5.41) is 1.84. The van der Waals surface area contributed by atoms with Crippen LogP contribution in [0.5, 0.6) is 0 Å². The van der Waals surface area contributed by atoms with Crippen LogP contribution in [0.25, 0.3) is 0 Å². The lowest BCUT2D eigenvalue weighted by Gasteiger charge is -2.03. The van der Waals surface area contributed by atoms with Gasteiger partial charge in [0.25, 0.3) is 0 Å². The molecule has 0 aliphatic carbocycles. The van der Waals surface area contributed by atoms with E-state index in [0.717, 1.165) is 0 Å². The van der Waals surface area contributed by atoms with Gasteiger partial charge in [-0.15, -0.1) is 0 Å². The minimum atomic E-state index is -3.06. The van der Waals surface area contributed by atoms with Crippen LogP contribution in [0.15, 0.2) is 0 Å². The van der Waals surface area contributed by atoms with Crippen LogP contribution in [0.3, 0.4) is 0 Å². The third kappa shape index (κ3) is 1.07. The second-order valence-electron chi connectivity index (χ2n) is 1.29. The van der Waals surface area contributed by atoms with Gasteiger partial charge in [0, 0.05) is 6.54 Å². The lowest BCUT2D eigenvalue weighted by atomic mass is 10.7. The molecule has 1 fully saturated rings. The Labute approximate surface area is 39.5 Å². The van der Waals surface area contributed by atoms with E-state index in [1.165, 1.54) is 0 Å². The predicted octanol–water partition coefficient (Wildman–Crippen LogP) is 0.156. The fraction of sp³-hybridized carbons (Fsp3) is 1.00. The maximum atomic E-state index is 11.6. The van der Waals surface area contributed by atoms with E-state index < -0.39 is 6.23 Å². The number of rotatable bonds is 0. The number of alkyl halides is 2. The Hall–Kier alpha value is -0.220. The molecule has 0 aromatic carbocycles. The molecule has 1 saturated heterocycles. The SMILES string of the molecule is FC1(F)NCCO1. The molecule has 0 aromatic heterocycles. The molecular weight excluding hydrogens is 104 g/mol. The summed E-state index contributed by atoms with van der Waals surface area (Å²) in [5.41, 5.74) is 0. The number of ether oxygens (including phenoxy) is 1. The highest BCUT2D eigenvalue weighted by Crippen LogP contribution is 2.13. The Balaban J connectivity index is 2.40. The van der Waals surface area contributed by atoms with Crippen LogP contribution in [0, 0.1) is 0 Å². The number of hydrogen-bond acceptors (Lipinski definition) is 2. The maximum absolute atomic E-state index is 11.6. The van der Waals surface area contributed by atoms with Crippen LogP contribution < -0.4 is 5.32 Å². The zero-order chi connectivity index (χ0) is 5.33. The monoisotopic (exact) mass is 109 g/mol. The zero-order valence-corrected chi connectivity index (χ0v) is 3.58. The summed E-state index contributed by atoms with van der Waals surface area (Å²) < 4.78 is 27.1. The molecule has 1 heterocycles. The molecule has 0 aromatic rings. The highest BCUT2D eigenvalue weighted by Gasteiger charge is 2.33. The van der Waals surface area contributed by atoms with Gasteiger partial charge in [0.1, 0.15) is 0 Å². The number of nitrogens with one attached hydrogen (secondary N) is 1. The number of hydrogen-bond donors (Lipinski definition) is 1.